The van der Waals surface area contributed by atoms with Crippen LogP contribution in [-0.4, -0.2) is 29.8 Å². The molecular formula is C19H16FN3O2S. The third kappa shape index (κ3) is 3.17. The van der Waals surface area contributed by atoms with Gasteiger partial charge in [0.05, 0.1) is 16.1 Å². The monoisotopic (exact) mass is 369 g/mol. The number of anilines is 2. The Labute approximate surface area is 153 Å². The van der Waals surface area contributed by atoms with Gasteiger partial charge in [0.2, 0.25) is 5.91 Å². The molecule has 3 aromatic rings. The lowest BCUT2D eigenvalue weighted by Crippen LogP contribution is -2.52. The van der Waals surface area contributed by atoms with E-state index in [1.54, 1.807) is 30.3 Å². The maximum atomic E-state index is 13.3. The average molecular weight is 369 g/mol. The SMILES string of the molecule is CC(=O)c1cccc(NC(=O)C2CN(c3nc4ccc(F)cc4s3)C2)c1. The van der Waals surface area contributed by atoms with Gasteiger partial charge in [0.1, 0.15) is 5.82 Å². The summed E-state index contributed by atoms with van der Waals surface area (Å²) in [6.07, 6.45) is 0. The zero-order valence-corrected chi connectivity index (χ0v) is 14.8. The van der Waals surface area contributed by atoms with Crippen LogP contribution in [0.4, 0.5) is 15.2 Å². The largest absolute Gasteiger partial charge is 0.346 e. The summed E-state index contributed by atoms with van der Waals surface area (Å²) >= 11 is 1.42. The number of rotatable bonds is 4. The number of Topliss-reactive ketones (excluding diaryl/α,β-unsaturated/α-hetero) is 1. The number of fused-ring (bicyclic) bond motifs is 1. The van der Waals surface area contributed by atoms with Crippen LogP contribution in [-0.2, 0) is 4.79 Å². The van der Waals surface area contributed by atoms with Crippen molar-refractivity contribution in [2.75, 3.05) is 23.3 Å². The third-order valence-electron chi connectivity index (χ3n) is 4.40. The van der Waals surface area contributed by atoms with Gasteiger partial charge in [-0.05, 0) is 37.3 Å². The number of carbonyl (C=O) groups excluding carboxylic acids is 2. The molecule has 26 heavy (non-hydrogen) atoms. The lowest BCUT2D eigenvalue weighted by Gasteiger charge is -2.37. The smallest absolute Gasteiger partial charge is 0.231 e. The van der Waals surface area contributed by atoms with E-state index < -0.39 is 0 Å². The molecule has 1 saturated heterocycles. The number of nitrogens with zero attached hydrogens (tertiary/aromatic N) is 2. The second-order valence-electron chi connectivity index (χ2n) is 6.34. The number of thiazole rings is 1. The lowest BCUT2D eigenvalue weighted by molar-refractivity contribution is -0.120. The highest BCUT2D eigenvalue weighted by Gasteiger charge is 2.34. The van der Waals surface area contributed by atoms with Crippen molar-refractivity contribution in [1.82, 2.24) is 4.98 Å². The molecule has 0 atom stereocenters. The molecular weight excluding hydrogens is 353 g/mol. The van der Waals surface area contributed by atoms with Gasteiger partial charge in [-0.25, -0.2) is 9.37 Å². The normalized spacial score (nSPS) is 14.3. The summed E-state index contributed by atoms with van der Waals surface area (Å²) in [6.45, 7) is 2.63. The number of nitrogens with one attached hydrogen (secondary N) is 1. The number of benzene rings is 2. The Bertz CT molecular complexity index is 1010. The average Bonchev–Trinajstić information content (AvgIpc) is 2.96. The summed E-state index contributed by atoms with van der Waals surface area (Å²) in [5, 5.41) is 3.66. The first-order chi connectivity index (χ1) is 12.5. The van der Waals surface area contributed by atoms with E-state index in [0.29, 0.717) is 24.3 Å². The van der Waals surface area contributed by atoms with Gasteiger partial charge >= 0.3 is 0 Å². The highest BCUT2D eigenvalue weighted by Crippen LogP contribution is 2.33. The molecule has 0 unspecified atom stereocenters. The van der Waals surface area contributed by atoms with Gasteiger partial charge in [-0.1, -0.05) is 23.5 Å². The number of hydrogen-bond acceptors (Lipinski definition) is 5. The molecule has 2 aromatic carbocycles. The Kier molecular flexibility index (Phi) is 4.16. The van der Waals surface area contributed by atoms with Crippen molar-refractivity contribution in [1.29, 1.82) is 0 Å². The second-order valence-corrected chi connectivity index (χ2v) is 7.35. The van der Waals surface area contributed by atoms with Crippen molar-refractivity contribution in [2.24, 2.45) is 5.92 Å². The molecule has 7 heteroatoms. The number of hydrogen-bond donors (Lipinski definition) is 1. The number of aromatic nitrogens is 1. The van der Waals surface area contributed by atoms with E-state index in [9.17, 15) is 14.0 Å². The lowest BCUT2D eigenvalue weighted by atomic mass is 10.00. The van der Waals surface area contributed by atoms with Crippen LogP contribution in [0, 0.1) is 11.7 Å². The molecule has 1 N–H and O–H groups in total. The molecule has 5 nitrogen and oxygen atoms in total. The molecule has 4 rings (SSSR count). The summed E-state index contributed by atoms with van der Waals surface area (Å²) in [6, 6.07) is 11.5. The van der Waals surface area contributed by atoms with E-state index in [-0.39, 0.29) is 23.4 Å². The maximum absolute atomic E-state index is 13.3. The van der Waals surface area contributed by atoms with E-state index in [1.165, 1.54) is 30.4 Å². The summed E-state index contributed by atoms with van der Waals surface area (Å²) < 4.78 is 14.1. The minimum atomic E-state index is -0.277. The predicted molar refractivity (Wildman–Crippen MR) is 100 cm³/mol. The van der Waals surface area contributed by atoms with Gasteiger partial charge < -0.3 is 10.2 Å². The van der Waals surface area contributed by atoms with E-state index in [0.717, 1.165) is 15.3 Å². The van der Waals surface area contributed by atoms with Crippen LogP contribution in [0.1, 0.15) is 17.3 Å². The van der Waals surface area contributed by atoms with Crippen LogP contribution in [0.2, 0.25) is 0 Å². The van der Waals surface area contributed by atoms with Crippen LogP contribution < -0.4 is 10.2 Å². The fourth-order valence-electron chi connectivity index (χ4n) is 2.88. The van der Waals surface area contributed by atoms with E-state index in [1.807, 2.05) is 4.90 Å². The van der Waals surface area contributed by atoms with Gasteiger partial charge in [-0.3, -0.25) is 9.59 Å². The Hall–Kier alpha value is -2.80. The number of halogens is 1. The molecule has 0 saturated carbocycles. The molecule has 0 bridgehead atoms. The summed E-state index contributed by atoms with van der Waals surface area (Å²) in [4.78, 5) is 30.3. The Balaban J connectivity index is 1.40. The molecule has 1 aliphatic rings. The van der Waals surface area contributed by atoms with Crippen molar-refractivity contribution < 1.29 is 14.0 Å². The molecule has 132 valence electrons. The Morgan fingerprint density at radius 1 is 1.23 bits per heavy atom. The summed E-state index contributed by atoms with van der Waals surface area (Å²) in [5.74, 6) is -0.529. The molecule has 1 amide bonds. The standard InChI is InChI=1S/C19H16FN3O2S/c1-11(24)12-3-2-4-15(7-12)21-18(25)13-9-23(10-13)19-22-16-6-5-14(20)8-17(16)26-19/h2-8,13H,9-10H2,1H3,(H,21,25). The van der Waals surface area contributed by atoms with Gasteiger partial charge in [-0.2, -0.15) is 0 Å². The van der Waals surface area contributed by atoms with Gasteiger partial charge in [0, 0.05) is 24.3 Å². The van der Waals surface area contributed by atoms with Crippen LogP contribution in [0.25, 0.3) is 10.2 Å². The fraction of sp³-hybridized carbons (Fsp3) is 0.211. The van der Waals surface area contributed by atoms with Gasteiger partial charge in [0.25, 0.3) is 0 Å². The van der Waals surface area contributed by atoms with Crippen molar-refractivity contribution in [3.05, 3.63) is 53.8 Å². The van der Waals surface area contributed by atoms with Crippen LogP contribution in [0.5, 0.6) is 0 Å². The van der Waals surface area contributed by atoms with Crippen LogP contribution in [0.15, 0.2) is 42.5 Å². The van der Waals surface area contributed by atoms with Crippen LogP contribution >= 0.6 is 11.3 Å². The number of carbonyl (C=O) groups is 2. The first-order valence-corrected chi connectivity index (χ1v) is 9.04. The third-order valence-corrected chi connectivity index (χ3v) is 5.48. The topological polar surface area (TPSA) is 62.3 Å². The van der Waals surface area contributed by atoms with Crippen molar-refractivity contribution in [2.45, 2.75) is 6.92 Å². The second kappa shape index (κ2) is 6.49. The van der Waals surface area contributed by atoms with Crippen LogP contribution in [0.3, 0.4) is 0 Å². The van der Waals surface area contributed by atoms with Gasteiger partial charge in [-0.15, -0.1) is 0 Å². The summed E-state index contributed by atoms with van der Waals surface area (Å²) in [5.41, 5.74) is 1.96. The van der Waals surface area contributed by atoms with E-state index >= 15 is 0 Å². The molecule has 0 spiro atoms. The zero-order chi connectivity index (χ0) is 18.3. The fourth-order valence-corrected chi connectivity index (χ4v) is 3.89. The quantitative estimate of drug-likeness (QED) is 0.712. The predicted octanol–water partition coefficient (Wildman–Crippen LogP) is 3.71. The van der Waals surface area contributed by atoms with Crippen molar-refractivity contribution >= 4 is 44.1 Å². The number of ketones is 1. The Morgan fingerprint density at radius 3 is 2.81 bits per heavy atom. The highest BCUT2D eigenvalue weighted by molar-refractivity contribution is 7.22. The Morgan fingerprint density at radius 2 is 2.04 bits per heavy atom. The van der Waals surface area contributed by atoms with Crippen molar-refractivity contribution in [3.8, 4) is 0 Å². The zero-order valence-electron chi connectivity index (χ0n) is 14.0. The molecule has 1 aromatic heterocycles. The minimum absolute atomic E-state index is 0.0387. The summed E-state index contributed by atoms with van der Waals surface area (Å²) in [7, 11) is 0. The molecule has 0 radical (unpaired) electrons. The minimum Gasteiger partial charge on any atom is -0.346 e. The van der Waals surface area contributed by atoms with E-state index in [4.69, 9.17) is 0 Å². The highest BCUT2D eigenvalue weighted by atomic mass is 32.1. The first kappa shape index (κ1) is 16.7. The van der Waals surface area contributed by atoms with Crippen molar-refractivity contribution in [3.63, 3.8) is 0 Å². The molecule has 2 heterocycles. The van der Waals surface area contributed by atoms with E-state index in [2.05, 4.69) is 10.3 Å². The maximum Gasteiger partial charge on any atom is 0.231 e. The molecule has 0 aliphatic carbocycles. The molecule has 1 fully saturated rings. The number of amides is 1. The molecule has 1 aliphatic heterocycles. The first-order valence-electron chi connectivity index (χ1n) is 8.22. The van der Waals surface area contributed by atoms with Gasteiger partial charge in [0.15, 0.2) is 10.9 Å².